The van der Waals surface area contributed by atoms with Crippen molar-refractivity contribution in [2.24, 2.45) is 0 Å². The third-order valence-corrected chi connectivity index (χ3v) is 3.48. The number of nitrogens with one attached hydrogen (secondary N) is 1. The van der Waals surface area contributed by atoms with Crippen molar-refractivity contribution in [3.63, 3.8) is 0 Å². The van der Waals surface area contributed by atoms with Gasteiger partial charge in [0.1, 0.15) is 0 Å². The Kier molecular flexibility index (Phi) is 4.98. The van der Waals surface area contributed by atoms with Gasteiger partial charge in [-0.25, -0.2) is 9.97 Å². The largest absolute Gasteiger partial charge is 0.325 e. The number of thioether (sulfide) groups is 1. The van der Waals surface area contributed by atoms with Gasteiger partial charge in [0.25, 0.3) is 0 Å². The monoisotopic (exact) mass is 307 g/mol. The molecule has 0 unspecified atom stereocenters. The molecule has 1 aromatic heterocycles. The lowest BCUT2D eigenvalue weighted by atomic mass is 10.3. The Morgan fingerprint density at radius 3 is 2.60 bits per heavy atom. The maximum absolute atomic E-state index is 11.8. The fraction of sp³-hybridized carbons (Fsp3) is 0.214. The summed E-state index contributed by atoms with van der Waals surface area (Å²) in [6.07, 6.45) is 0. The van der Waals surface area contributed by atoms with Crippen LogP contribution in [0.4, 0.5) is 5.69 Å². The summed E-state index contributed by atoms with van der Waals surface area (Å²) in [5, 5.41) is 3.99. The Bertz CT molecular complexity index is 613. The molecule has 1 heterocycles. The zero-order valence-corrected chi connectivity index (χ0v) is 12.8. The van der Waals surface area contributed by atoms with Crippen LogP contribution < -0.4 is 5.32 Å². The molecule has 0 aliphatic carbocycles. The van der Waals surface area contributed by atoms with Crippen LogP contribution in [0.1, 0.15) is 11.4 Å². The van der Waals surface area contributed by atoms with Gasteiger partial charge in [-0.1, -0.05) is 29.4 Å². The highest BCUT2D eigenvalue weighted by atomic mass is 35.5. The molecule has 0 aliphatic rings. The average Bonchev–Trinajstić information content (AvgIpc) is 2.35. The predicted molar refractivity (Wildman–Crippen MR) is 82.3 cm³/mol. The van der Waals surface area contributed by atoms with Crippen molar-refractivity contribution >= 4 is 35.0 Å². The van der Waals surface area contributed by atoms with Crippen LogP contribution in [0.15, 0.2) is 35.5 Å². The van der Waals surface area contributed by atoms with Crippen LogP contribution in [0.5, 0.6) is 0 Å². The second-order valence-corrected chi connectivity index (χ2v) is 5.66. The summed E-state index contributed by atoms with van der Waals surface area (Å²) in [5.41, 5.74) is 2.48. The maximum atomic E-state index is 11.8. The Balaban J connectivity index is 1.92. The second-order valence-electron chi connectivity index (χ2n) is 4.28. The number of hydrogen-bond donors (Lipinski definition) is 1. The number of carbonyl (C=O) groups excluding carboxylic acids is 1. The molecule has 0 spiro atoms. The number of aromatic nitrogens is 2. The topological polar surface area (TPSA) is 54.9 Å². The van der Waals surface area contributed by atoms with Gasteiger partial charge in [-0.05, 0) is 38.1 Å². The van der Waals surface area contributed by atoms with Crippen molar-refractivity contribution in [1.82, 2.24) is 9.97 Å². The maximum Gasteiger partial charge on any atom is 0.234 e. The van der Waals surface area contributed by atoms with E-state index in [1.54, 1.807) is 24.3 Å². The van der Waals surface area contributed by atoms with Crippen LogP contribution in [0, 0.1) is 13.8 Å². The number of aryl methyl sites for hydroxylation is 2. The van der Waals surface area contributed by atoms with Crippen LogP contribution in [0.3, 0.4) is 0 Å². The standard InChI is InChI=1S/C14H14ClN3OS/c1-9-6-10(2)17-14(16-9)20-8-13(19)18-12-5-3-4-11(15)7-12/h3-7H,8H2,1-2H3,(H,18,19). The van der Waals surface area contributed by atoms with Gasteiger partial charge < -0.3 is 5.32 Å². The summed E-state index contributed by atoms with van der Waals surface area (Å²) in [4.78, 5) is 20.4. The lowest BCUT2D eigenvalue weighted by Crippen LogP contribution is -2.14. The first-order valence-electron chi connectivity index (χ1n) is 6.03. The molecule has 0 fully saturated rings. The number of anilines is 1. The summed E-state index contributed by atoms with van der Waals surface area (Å²) in [7, 11) is 0. The number of carbonyl (C=O) groups is 1. The Hall–Kier alpha value is -1.59. The molecule has 0 radical (unpaired) electrons. The van der Waals surface area contributed by atoms with Gasteiger partial charge in [0.2, 0.25) is 5.91 Å². The van der Waals surface area contributed by atoms with Crippen LogP contribution in [0.2, 0.25) is 5.02 Å². The molecule has 0 bridgehead atoms. The zero-order chi connectivity index (χ0) is 14.5. The summed E-state index contributed by atoms with van der Waals surface area (Å²) < 4.78 is 0. The molecule has 6 heteroatoms. The first kappa shape index (κ1) is 14.8. The molecule has 0 saturated carbocycles. The van der Waals surface area contributed by atoms with Crippen LogP contribution in [0.25, 0.3) is 0 Å². The highest BCUT2D eigenvalue weighted by Gasteiger charge is 2.06. The summed E-state index contributed by atoms with van der Waals surface area (Å²) in [5.74, 6) is 0.148. The molecule has 0 aliphatic heterocycles. The van der Waals surface area contributed by atoms with Crippen molar-refractivity contribution < 1.29 is 4.79 Å². The fourth-order valence-electron chi connectivity index (χ4n) is 1.65. The van der Waals surface area contributed by atoms with E-state index >= 15 is 0 Å². The van der Waals surface area contributed by atoms with E-state index < -0.39 is 0 Å². The van der Waals surface area contributed by atoms with Gasteiger partial charge in [0.15, 0.2) is 5.16 Å². The van der Waals surface area contributed by atoms with E-state index in [1.165, 1.54) is 11.8 Å². The van der Waals surface area contributed by atoms with Gasteiger partial charge in [-0.2, -0.15) is 0 Å². The molecule has 20 heavy (non-hydrogen) atoms. The molecule has 1 amide bonds. The minimum absolute atomic E-state index is 0.111. The van der Waals surface area contributed by atoms with E-state index in [2.05, 4.69) is 15.3 Å². The van der Waals surface area contributed by atoms with Crippen LogP contribution in [-0.4, -0.2) is 21.6 Å². The van der Waals surface area contributed by atoms with Crippen molar-refractivity contribution in [1.29, 1.82) is 0 Å². The first-order valence-corrected chi connectivity index (χ1v) is 7.40. The summed E-state index contributed by atoms with van der Waals surface area (Å²) in [6.45, 7) is 3.82. The van der Waals surface area contributed by atoms with E-state index in [9.17, 15) is 4.79 Å². The van der Waals surface area contributed by atoms with E-state index in [0.717, 1.165) is 11.4 Å². The highest BCUT2D eigenvalue weighted by molar-refractivity contribution is 7.99. The van der Waals surface area contributed by atoms with Crippen molar-refractivity contribution in [3.8, 4) is 0 Å². The Morgan fingerprint density at radius 1 is 1.25 bits per heavy atom. The molecule has 104 valence electrons. The highest BCUT2D eigenvalue weighted by Crippen LogP contribution is 2.17. The van der Waals surface area contributed by atoms with E-state index in [4.69, 9.17) is 11.6 Å². The fourth-order valence-corrected chi connectivity index (χ4v) is 2.59. The van der Waals surface area contributed by atoms with Crippen LogP contribution >= 0.6 is 23.4 Å². The number of rotatable bonds is 4. The zero-order valence-electron chi connectivity index (χ0n) is 11.2. The predicted octanol–water partition coefficient (Wildman–Crippen LogP) is 3.48. The quantitative estimate of drug-likeness (QED) is 0.694. The van der Waals surface area contributed by atoms with E-state index in [1.807, 2.05) is 19.9 Å². The number of hydrogen-bond acceptors (Lipinski definition) is 4. The minimum atomic E-state index is -0.111. The van der Waals surface area contributed by atoms with Gasteiger partial charge in [-0.15, -0.1) is 0 Å². The Labute approximate surface area is 127 Å². The molecule has 1 N–H and O–H groups in total. The first-order chi connectivity index (χ1) is 9.52. The second kappa shape index (κ2) is 6.72. The average molecular weight is 308 g/mol. The van der Waals surface area contributed by atoms with Gasteiger partial charge in [0, 0.05) is 22.1 Å². The normalized spacial score (nSPS) is 10.3. The third kappa shape index (κ3) is 4.51. The third-order valence-electron chi connectivity index (χ3n) is 2.40. The molecule has 1 aromatic carbocycles. The molecular formula is C14H14ClN3OS. The molecule has 0 saturated heterocycles. The van der Waals surface area contributed by atoms with Gasteiger partial charge in [-0.3, -0.25) is 4.79 Å². The number of halogens is 1. The SMILES string of the molecule is Cc1cc(C)nc(SCC(=O)Nc2cccc(Cl)c2)n1. The molecule has 2 rings (SSSR count). The molecule has 0 atom stereocenters. The van der Waals surface area contributed by atoms with E-state index in [-0.39, 0.29) is 11.7 Å². The number of nitrogens with zero attached hydrogens (tertiary/aromatic N) is 2. The summed E-state index contributed by atoms with van der Waals surface area (Å²) >= 11 is 7.17. The van der Waals surface area contributed by atoms with Crippen molar-refractivity contribution in [2.75, 3.05) is 11.1 Å². The smallest absolute Gasteiger partial charge is 0.234 e. The molecule has 4 nitrogen and oxygen atoms in total. The van der Waals surface area contributed by atoms with Gasteiger partial charge in [0.05, 0.1) is 5.75 Å². The molecule has 2 aromatic rings. The lowest BCUT2D eigenvalue weighted by Gasteiger charge is -2.05. The summed E-state index contributed by atoms with van der Waals surface area (Å²) in [6, 6.07) is 8.95. The van der Waals surface area contributed by atoms with Crippen molar-refractivity contribution in [3.05, 3.63) is 46.7 Å². The van der Waals surface area contributed by atoms with E-state index in [0.29, 0.717) is 15.9 Å². The van der Waals surface area contributed by atoms with Crippen molar-refractivity contribution in [2.45, 2.75) is 19.0 Å². The van der Waals surface area contributed by atoms with Crippen LogP contribution in [-0.2, 0) is 4.79 Å². The Morgan fingerprint density at radius 2 is 1.95 bits per heavy atom. The molecular weight excluding hydrogens is 294 g/mol. The minimum Gasteiger partial charge on any atom is -0.325 e. The van der Waals surface area contributed by atoms with Gasteiger partial charge >= 0.3 is 0 Å². The number of amides is 1. The lowest BCUT2D eigenvalue weighted by molar-refractivity contribution is -0.113. The number of benzene rings is 1.